The maximum atomic E-state index is 12.8. The van der Waals surface area contributed by atoms with Gasteiger partial charge in [-0.15, -0.1) is 0 Å². The molecule has 3 rings (SSSR count). The minimum Gasteiger partial charge on any atom is -0.340 e. The highest BCUT2D eigenvalue weighted by molar-refractivity contribution is 9.10. The van der Waals surface area contributed by atoms with E-state index in [9.17, 15) is 4.79 Å². The maximum Gasteiger partial charge on any atom is 0.197 e. The van der Waals surface area contributed by atoms with Crippen molar-refractivity contribution in [3.8, 4) is 0 Å². The molecule has 0 aliphatic heterocycles. The molecular weight excluding hydrogens is 362 g/mol. The molecular formula is C21H24BrNO. The number of benzene rings is 2. The summed E-state index contributed by atoms with van der Waals surface area (Å²) >= 11 is 3.49. The van der Waals surface area contributed by atoms with Gasteiger partial charge >= 0.3 is 0 Å². The van der Waals surface area contributed by atoms with Crippen molar-refractivity contribution in [2.45, 2.75) is 52.0 Å². The fraction of sp³-hybridized carbons (Fsp3) is 0.381. The lowest BCUT2D eigenvalue weighted by Crippen LogP contribution is -2.11. The van der Waals surface area contributed by atoms with Crippen molar-refractivity contribution in [1.29, 1.82) is 0 Å². The Bertz CT molecular complexity index is 897. The number of hydrogen-bond acceptors (Lipinski definition) is 1. The van der Waals surface area contributed by atoms with Gasteiger partial charge in [0.15, 0.2) is 5.43 Å². The molecule has 0 aliphatic carbocycles. The van der Waals surface area contributed by atoms with Crippen LogP contribution >= 0.6 is 15.9 Å². The van der Waals surface area contributed by atoms with Crippen LogP contribution < -0.4 is 5.43 Å². The Labute approximate surface area is 151 Å². The first-order chi connectivity index (χ1) is 11.7. The molecule has 1 heterocycles. The van der Waals surface area contributed by atoms with Gasteiger partial charge in [-0.25, -0.2) is 0 Å². The van der Waals surface area contributed by atoms with Gasteiger partial charge in [0.05, 0.1) is 11.0 Å². The van der Waals surface area contributed by atoms with E-state index in [1.165, 1.54) is 32.1 Å². The number of aryl methyl sites for hydroxylation is 1. The quantitative estimate of drug-likeness (QED) is 0.346. The first-order valence-electron chi connectivity index (χ1n) is 8.93. The molecule has 3 heteroatoms. The summed E-state index contributed by atoms with van der Waals surface area (Å²) in [5, 5.41) is 1.61. The van der Waals surface area contributed by atoms with E-state index in [2.05, 4.69) is 39.6 Å². The second-order valence-corrected chi connectivity index (χ2v) is 7.34. The van der Waals surface area contributed by atoms with Crippen molar-refractivity contribution >= 4 is 37.7 Å². The summed E-state index contributed by atoms with van der Waals surface area (Å²) in [7, 11) is 0. The van der Waals surface area contributed by atoms with Crippen LogP contribution in [0.1, 0.15) is 45.4 Å². The Morgan fingerprint density at radius 3 is 2.42 bits per heavy atom. The topological polar surface area (TPSA) is 22.0 Å². The molecule has 1 aromatic heterocycles. The summed E-state index contributed by atoms with van der Waals surface area (Å²) < 4.78 is 3.27. The van der Waals surface area contributed by atoms with E-state index >= 15 is 0 Å². The van der Waals surface area contributed by atoms with Crippen molar-refractivity contribution in [3.05, 3.63) is 57.2 Å². The number of unbranched alkanes of at least 4 members (excludes halogenated alkanes) is 5. The third kappa shape index (κ3) is 3.56. The molecule has 0 saturated carbocycles. The van der Waals surface area contributed by atoms with E-state index in [1.807, 2.05) is 30.3 Å². The molecule has 0 spiro atoms. The van der Waals surface area contributed by atoms with Crippen LogP contribution in [0, 0.1) is 0 Å². The second kappa shape index (κ2) is 7.98. The largest absolute Gasteiger partial charge is 0.340 e. The molecule has 0 amide bonds. The van der Waals surface area contributed by atoms with Crippen molar-refractivity contribution in [3.63, 3.8) is 0 Å². The number of fused-ring (bicyclic) bond motifs is 2. The molecule has 0 atom stereocenters. The third-order valence-corrected chi connectivity index (χ3v) is 5.16. The third-order valence-electron chi connectivity index (χ3n) is 4.67. The SMILES string of the molecule is CCCCCCCCn1c2ccccc2c(=O)c2cc(Br)ccc21. The zero-order valence-corrected chi connectivity index (χ0v) is 15.8. The van der Waals surface area contributed by atoms with Gasteiger partial charge in [0, 0.05) is 21.8 Å². The monoisotopic (exact) mass is 385 g/mol. The van der Waals surface area contributed by atoms with Gasteiger partial charge in [-0.1, -0.05) is 67.1 Å². The summed E-state index contributed by atoms with van der Waals surface area (Å²) in [6, 6.07) is 14.0. The fourth-order valence-electron chi connectivity index (χ4n) is 3.39. The second-order valence-electron chi connectivity index (χ2n) is 6.43. The van der Waals surface area contributed by atoms with Gasteiger partial charge in [0.1, 0.15) is 0 Å². The molecule has 24 heavy (non-hydrogen) atoms. The highest BCUT2D eigenvalue weighted by atomic mass is 79.9. The van der Waals surface area contributed by atoms with Crippen LogP contribution in [0.5, 0.6) is 0 Å². The van der Waals surface area contributed by atoms with Crippen molar-refractivity contribution in [2.75, 3.05) is 0 Å². The van der Waals surface area contributed by atoms with Crippen LogP contribution in [0.2, 0.25) is 0 Å². The molecule has 126 valence electrons. The Morgan fingerprint density at radius 1 is 0.875 bits per heavy atom. The van der Waals surface area contributed by atoms with E-state index in [4.69, 9.17) is 0 Å². The van der Waals surface area contributed by atoms with Crippen LogP contribution in [0.15, 0.2) is 51.7 Å². The molecule has 0 bridgehead atoms. The molecule has 0 N–H and O–H groups in total. The number of para-hydroxylation sites is 1. The number of hydrogen-bond donors (Lipinski definition) is 0. The predicted molar refractivity (Wildman–Crippen MR) is 107 cm³/mol. The minimum atomic E-state index is 0.126. The number of aromatic nitrogens is 1. The smallest absolute Gasteiger partial charge is 0.197 e. The molecule has 0 fully saturated rings. The van der Waals surface area contributed by atoms with Gasteiger partial charge in [-0.05, 0) is 36.8 Å². The zero-order chi connectivity index (χ0) is 16.9. The molecule has 0 unspecified atom stereocenters. The summed E-state index contributed by atoms with van der Waals surface area (Å²) in [6.45, 7) is 3.21. The van der Waals surface area contributed by atoms with Crippen molar-refractivity contribution < 1.29 is 0 Å². The molecule has 3 aromatic rings. The summed E-state index contributed by atoms with van der Waals surface area (Å²) in [5.41, 5.74) is 2.21. The van der Waals surface area contributed by atoms with Gasteiger partial charge in [0.25, 0.3) is 0 Å². The summed E-state index contributed by atoms with van der Waals surface area (Å²) in [4.78, 5) is 12.8. The first kappa shape index (κ1) is 17.2. The van der Waals surface area contributed by atoms with Gasteiger partial charge in [0.2, 0.25) is 0 Å². The minimum absolute atomic E-state index is 0.126. The van der Waals surface area contributed by atoms with Gasteiger partial charge < -0.3 is 4.57 Å². The Balaban J connectivity index is 1.97. The van der Waals surface area contributed by atoms with Crippen LogP contribution in [-0.4, -0.2) is 4.57 Å². The lowest BCUT2D eigenvalue weighted by atomic mass is 10.1. The van der Waals surface area contributed by atoms with E-state index < -0.39 is 0 Å². The Kier molecular flexibility index (Phi) is 5.72. The standard InChI is InChI=1S/C21H24BrNO/c1-2-3-4-5-6-9-14-23-19-11-8-7-10-17(19)21(24)18-15-16(22)12-13-20(18)23/h7-8,10-13,15H,2-6,9,14H2,1H3. The van der Waals surface area contributed by atoms with E-state index in [1.54, 1.807) is 0 Å². The molecule has 0 saturated heterocycles. The lowest BCUT2D eigenvalue weighted by molar-refractivity contribution is 0.570. The molecule has 2 nitrogen and oxygen atoms in total. The predicted octanol–water partition coefficient (Wildman–Crippen LogP) is 6.28. The molecule has 2 aromatic carbocycles. The van der Waals surface area contributed by atoms with Crippen LogP contribution in [-0.2, 0) is 6.54 Å². The average Bonchev–Trinajstić information content (AvgIpc) is 2.60. The summed E-state index contributed by atoms with van der Waals surface area (Å²) in [6.07, 6.45) is 7.65. The fourth-order valence-corrected chi connectivity index (χ4v) is 3.75. The zero-order valence-electron chi connectivity index (χ0n) is 14.2. The van der Waals surface area contributed by atoms with E-state index in [0.717, 1.165) is 39.2 Å². The Morgan fingerprint density at radius 2 is 1.58 bits per heavy atom. The average molecular weight is 386 g/mol. The summed E-state index contributed by atoms with van der Waals surface area (Å²) in [5.74, 6) is 0. The number of pyridine rings is 1. The number of halogens is 1. The molecule has 0 radical (unpaired) electrons. The van der Waals surface area contributed by atoms with Gasteiger partial charge in [-0.3, -0.25) is 4.79 Å². The van der Waals surface area contributed by atoms with E-state index in [-0.39, 0.29) is 5.43 Å². The normalized spacial score (nSPS) is 11.4. The van der Waals surface area contributed by atoms with Gasteiger partial charge in [-0.2, -0.15) is 0 Å². The van der Waals surface area contributed by atoms with Crippen molar-refractivity contribution in [2.24, 2.45) is 0 Å². The van der Waals surface area contributed by atoms with Crippen LogP contribution in [0.25, 0.3) is 21.8 Å². The molecule has 0 aliphatic rings. The van der Waals surface area contributed by atoms with Crippen LogP contribution in [0.4, 0.5) is 0 Å². The first-order valence-corrected chi connectivity index (χ1v) is 9.72. The highest BCUT2D eigenvalue weighted by Gasteiger charge is 2.10. The Hall–Kier alpha value is -1.61. The van der Waals surface area contributed by atoms with E-state index in [0.29, 0.717) is 0 Å². The van der Waals surface area contributed by atoms with Crippen molar-refractivity contribution in [1.82, 2.24) is 4.57 Å². The number of rotatable bonds is 7. The van der Waals surface area contributed by atoms with Crippen LogP contribution in [0.3, 0.4) is 0 Å². The number of nitrogens with zero attached hydrogens (tertiary/aromatic N) is 1. The lowest BCUT2D eigenvalue weighted by Gasteiger charge is -2.15. The highest BCUT2D eigenvalue weighted by Crippen LogP contribution is 2.23. The maximum absolute atomic E-state index is 12.8.